The van der Waals surface area contributed by atoms with Crippen LogP contribution in [0, 0.1) is 0 Å². The number of aromatic nitrogens is 2. The molecule has 0 aliphatic carbocycles. The summed E-state index contributed by atoms with van der Waals surface area (Å²) in [6.45, 7) is 2.21. The zero-order chi connectivity index (χ0) is 19.3. The molecule has 0 amide bonds. The quantitative estimate of drug-likeness (QED) is 0.621. The maximum absolute atomic E-state index is 5.75. The van der Waals surface area contributed by atoms with Crippen molar-refractivity contribution in [1.82, 2.24) is 19.8 Å². The van der Waals surface area contributed by atoms with E-state index in [2.05, 4.69) is 68.4 Å². The second-order valence-corrected chi connectivity index (χ2v) is 7.25. The number of methoxy groups -OCH3 is 1. The molecule has 5 nitrogen and oxygen atoms in total. The first-order valence-electron chi connectivity index (χ1n) is 9.44. The highest BCUT2D eigenvalue weighted by molar-refractivity contribution is 7.80. The summed E-state index contributed by atoms with van der Waals surface area (Å²) < 4.78 is 7.55. The van der Waals surface area contributed by atoms with Gasteiger partial charge in [-0.15, -0.1) is 0 Å². The fraction of sp³-hybridized carbons (Fsp3) is 0.273. The molecular weight excluding hydrogens is 368 g/mol. The van der Waals surface area contributed by atoms with Gasteiger partial charge in [0.05, 0.1) is 24.4 Å². The molecule has 1 saturated heterocycles. The number of hydrogen-bond donors (Lipinski definition) is 1. The van der Waals surface area contributed by atoms with Crippen molar-refractivity contribution in [2.75, 3.05) is 13.7 Å². The SMILES string of the molecule is COCCn1cccc1C1C(c2ccccn2)NC(=S)N1Cc1ccccc1. The van der Waals surface area contributed by atoms with Gasteiger partial charge < -0.3 is 19.5 Å². The van der Waals surface area contributed by atoms with Crippen molar-refractivity contribution in [3.8, 4) is 0 Å². The van der Waals surface area contributed by atoms with E-state index in [0.29, 0.717) is 6.61 Å². The summed E-state index contributed by atoms with van der Waals surface area (Å²) in [4.78, 5) is 6.87. The second-order valence-electron chi connectivity index (χ2n) is 6.86. The van der Waals surface area contributed by atoms with Crippen molar-refractivity contribution in [2.45, 2.75) is 25.2 Å². The smallest absolute Gasteiger partial charge is 0.170 e. The molecule has 1 N–H and O–H groups in total. The van der Waals surface area contributed by atoms with E-state index in [0.717, 1.165) is 23.9 Å². The van der Waals surface area contributed by atoms with Crippen LogP contribution in [0.5, 0.6) is 0 Å². The molecule has 0 radical (unpaired) electrons. The molecule has 2 aromatic heterocycles. The molecule has 6 heteroatoms. The Bertz CT molecular complexity index is 913. The number of nitrogens with one attached hydrogen (secondary N) is 1. The molecule has 144 valence electrons. The fourth-order valence-corrected chi connectivity index (χ4v) is 4.07. The maximum atomic E-state index is 5.75. The van der Waals surface area contributed by atoms with Gasteiger partial charge in [0.25, 0.3) is 0 Å². The standard InChI is InChI=1S/C22H24N4OS/c1-27-15-14-25-13-7-11-19(25)21-20(18-10-5-6-12-23-18)24-22(28)26(21)16-17-8-3-2-4-9-17/h2-13,20-21H,14-16H2,1H3,(H,24,28). The summed E-state index contributed by atoms with van der Waals surface area (Å²) in [7, 11) is 1.73. The van der Waals surface area contributed by atoms with Gasteiger partial charge in [0.2, 0.25) is 0 Å². The molecule has 1 aliphatic rings. The number of thiocarbonyl (C=S) groups is 1. The first-order valence-corrected chi connectivity index (χ1v) is 9.84. The second kappa shape index (κ2) is 8.54. The van der Waals surface area contributed by atoms with E-state index < -0.39 is 0 Å². The van der Waals surface area contributed by atoms with Gasteiger partial charge in [0, 0.05) is 38.3 Å². The summed E-state index contributed by atoms with van der Waals surface area (Å²) in [6, 6.07) is 20.8. The average Bonchev–Trinajstić information content (AvgIpc) is 3.32. The van der Waals surface area contributed by atoms with Crippen LogP contribution in [0.1, 0.15) is 29.0 Å². The maximum Gasteiger partial charge on any atom is 0.170 e. The Balaban J connectivity index is 1.72. The third-order valence-corrected chi connectivity index (χ3v) is 5.45. The highest BCUT2D eigenvalue weighted by Crippen LogP contribution is 2.39. The first-order chi connectivity index (χ1) is 13.8. The lowest BCUT2D eigenvalue weighted by Gasteiger charge is -2.29. The molecule has 0 bridgehead atoms. The first kappa shape index (κ1) is 18.7. The predicted molar refractivity (Wildman–Crippen MR) is 114 cm³/mol. The van der Waals surface area contributed by atoms with E-state index in [-0.39, 0.29) is 12.1 Å². The van der Waals surface area contributed by atoms with E-state index in [1.807, 2.05) is 24.4 Å². The van der Waals surface area contributed by atoms with Gasteiger partial charge in [-0.1, -0.05) is 36.4 Å². The molecule has 3 aromatic rings. The molecule has 3 heterocycles. The molecule has 1 aliphatic heterocycles. The Kier molecular flexibility index (Phi) is 5.69. The highest BCUT2D eigenvalue weighted by Gasteiger charge is 2.40. The minimum atomic E-state index is -0.00592. The van der Waals surface area contributed by atoms with Crippen LogP contribution < -0.4 is 5.32 Å². The lowest BCUT2D eigenvalue weighted by atomic mass is 10.0. The molecule has 0 spiro atoms. The predicted octanol–water partition coefficient (Wildman–Crippen LogP) is 3.70. The Morgan fingerprint density at radius 1 is 1.07 bits per heavy atom. The summed E-state index contributed by atoms with van der Waals surface area (Å²) in [5, 5.41) is 4.27. The van der Waals surface area contributed by atoms with Crippen molar-refractivity contribution in [3.63, 3.8) is 0 Å². The van der Waals surface area contributed by atoms with Crippen LogP contribution in [-0.2, 0) is 17.8 Å². The molecule has 0 saturated carbocycles. The largest absolute Gasteiger partial charge is 0.383 e. The monoisotopic (exact) mass is 392 g/mol. The van der Waals surface area contributed by atoms with E-state index >= 15 is 0 Å². The topological polar surface area (TPSA) is 42.3 Å². The van der Waals surface area contributed by atoms with Gasteiger partial charge in [-0.05, 0) is 42.0 Å². The van der Waals surface area contributed by atoms with Crippen molar-refractivity contribution < 1.29 is 4.74 Å². The summed E-state index contributed by atoms with van der Waals surface area (Å²) in [6.07, 6.45) is 3.94. The Morgan fingerprint density at radius 2 is 1.89 bits per heavy atom. The number of benzene rings is 1. The summed E-state index contributed by atoms with van der Waals surface area (Å²) >= 11 is 5.75. The van der Waals surface area contributed by atoms with Crippen molar-refractivity contribution in [2.24, 2.45) is 0 Å². The van der Waals surface area contributed by atoms with E-state index in [1.54, 1.807) is 7.11 Å². The normalized spacial score (nSPS) is 19.0. The van der Waals surface area contributed by atoms with Gasteiger partial charge >= 0.3 is 0 Å². The van der Waals surface area contributed by atoms with Crippen LogP contribution in [0.25, 0.3) is 0 Å². The van der Waals surface area contributed by atoms with Gasteiger partial charge in [0.1, 0.15) is 0 Å². The third kappa shape index (κ3) is 3.79. The van der Waals surface area contributed by atoms with Gasteiger partial charge in [-0.2, -0.15) is 0 Å². The molecule has 1 aromatic carbocycles. The van der Waals surface area contributed by atoms with Gasteiger partial charge in [-0.25, -0.2) is 0 Å². The Labute approximate surface area is 171 Å². The van der Waals surface area contributed by atoms with Crippen LogP contribution in [0.3, 0.4) is 0 Å². The molecule has 2 unspecified atom stereocenters. The zero-order valence-corrected chi connectivity index (χ0v) is 16.7. The highest BCUT2D eigenvalue weighted by atomic mass is 32.1. The fourth-order valence-electron chi connectivity index (χ4n) is 3.77. The average molecular weight is 393 g/mol. The third-order valence-electron chi connectivity index (χ3n) is 5.10. The van der Waals surface area contributed by atoms with Crippen LogP contribution in [-0.4, -0.2) is 33.3 Å². The minimum absolute atomic E-state index is 0.00592. The van der Waals surface area contributed by atoms with Crippen LogP contribution in [0.4, 0.5) is 0 Å². The number of rotatable bonds is 7. The lowest BCUT2D eigenvalue weighted by Crippen LogP contribution is -2.30. The zero-order valence-electron chi connectivity index (χ0n) is 15.9. The Morgan fingerprint density at radius 3 is 2.64 bits per heavy atom. The van der Waals surface area contributed by atoms with E-state index in [4.69, 9.17) is 17.0 Å². The summed E-state index contributed by atoms with van der Waals surface area (Å²) in [5.41, 5.74) is 3.43. The van der Waals surface area contributed by atoms with E-state index in [9.17, 15) is 0 Å². The molecule has 1 fully saturated rings. The number of pyridine rings is 1. The number of hydrogen-bond acceptors (Lipinski definition) is 3. The van der Waals surface area contributed by atoms with Gasteiger partial charge in [-0.3, -0.25) is 4.98 Å². The number of ether oxygens (including phenoxy) is 1. The number of nitrogens with zero attached hydrogens (tertiary/aromatic N) is 3. The van der Waals surface area contributed by atoms with Crippen molar-refractivity contribution in [1.29, 1.82) is 0 Å². The van der Waals surface area contributed by atoms with Crippen LogP contribution in [0.2, 0.25) is 0 Å². The Hall–Kier alpha value is -2.70. The summed E-state index contributed by atoms with van der Waals surface area (Å²) in [5.74, 6) is 0. The molecule has 28 heavy (non-hydrogen) atoms. The van der Waals surface area contributed by atoms with Gasteiger partial charge in [0.15, 0.2) is 5.11 Å². The molecule has 2 atom stereocenters. The van der Waals surface area contributed by atoms with Crippen molar-refractivity contribution in [3.05, 3.63) is 90.0 Å². The minimum Gasteiger partial charge on any atom is -0.383 e. The van der Waals surface area contributed by atoms with E-state index in [1.165, 1.54) is 11.3 Å². The van der Waals surface area contributed by atoms with Crippen LogP contribution in [0.15, 0.2) is 73.1 Å². The van der Waals surface area contributed by atoms with Crippen molar-refractivity contribution >= 4 is 17.3 Å². The lowest BCUT2D eigenvalue weighted by molar-refractivity contribution is 0.183. The molecule has 4 rings (SSSR count). The van der Waals surface area contributed by atoms with Crippen LogP contribution >= 0.6 is 12.2 Å². The molecular formula is C22H24N4OS.